The van der Waals surface area contributed by atoms with E-state index < -0.39 is 17.6 Å². The van der Waals surface area contributed by atoms with Gasteiger partial charge in [-0.25, -0.2) is 0 Å². The predicted octanol–water partition coefficient (Wildman–Crippen LogP) is 4.71. The number of likely N-dealkylation sites (N-methyl/N-ethyl adjacent to an activating group) is 1. The van der Waals surface area contributed by atoms with E-state index in [0.717, 1.165) is 36.6 Å². The molecule has 5 rings (SSSR count). The summed E-state index contributed by atoms with van der Waals surface area (Å²) in [6.07, 6.45) is -4.58. The van der Waals surface area contributed by atoms with Crippen molar-refractivity contribution >= 4 is 45.5 Å². The van der Waals surface area contributed by atoms with Gasteiger partial charge in [0.15, 0.2) is 5.69 Å². The summed E-state index contributed by atoms with van der Waals surface area (Å²) in [5.74, 6) is -0.903. The van der Waals surface area contributed by atoms with Gasteiger partial charge in [-0.2, -0.15) is 18.3 Å². The summed E-state index contributed by atoms with van der Waals surface area (Å²) in [4.78, 5) is 31.0. The third-order valence-corrected chi connectivity index (χ3v) is 7.26. The first-order valence-electron chi connectivity index (χ1n) is 13.0. The van der Waals surface area contributed by atoms with Crippen LogP contribution in [0.2, 0.25) is 0 Å². The lowest BCUT2D eigenvalue weighted by molar-refractivity contribution is -0.137. The average molecular weight is 566 g/mol. The molecule has 3 N–H and O–H groups in total. The minimum Gasteiger partial charge on any atom is -0.369 e. The van der Waals surface area contributed by atoms with Crippen molar-refractivity contribution in [2.24, 2.45) is 0 Å². The number of carbonyl (C=O) groups is 2. The molecule has 1 aliphatic rings. The van der Waals surface area contributed by atoms with Crippen LogP contribution >= 0.6 is 0 Å². The van der Waals surface area contributed by atoms with Crippen molar-refractivity contribution < 1.29 is 22.8 Å². The molecular weight excluding hydrogens is 535 g/mol. The zero-order valence-corrected chi connectivity index (χ0v) is 22.8. The Hall–Kier alpha value is -4.58. The second-order valence-corrected chi connectivity index (χ2v) is 10.00. The van der Waals surface area contributed by atoms with E-state index in [0.29, 0.717) is 41.1 Å². The number of nitrogens with zero attached hydrogens (tertiary/aromatic N) is 4. The number of aromatic amines is 1. The van der Waals surface area contributed by atoms with Crippen LogP contribution in [0, 0.1) is 0 Å². The summed E-state index contributed by atoms with van der Waals surface area (Å²) in [5, 5.41) is 13.0. The fourth-order valence-corrected chi connectivity index (χ4v) is 4.78. The predicted molar refractivity (Wildman–Crippen MR) is 153 cm³/mol. The molecule has 2 heterocycles. The number of aromatic nitrogens is 2. The van der Waals surface area contributed by atoms with Crippen molar-refractivity contribution in [2.75, 3.05) is 62.4 Å². The molecule has 2 amide bonds. The van der Waals surface area contributed by atoms with Gasteiger partial charge >= 0.3 is 6.18 Å². The van der Waals surface area contributed by atoms with Crippen LogP contribution in [-0.4, -0.2) is 74.2 Å². The maximum Gasteiger partial charge on any atom is 0.416 e. The van der Waals surface area contributed by atoms with E-state index >= 15 is 0 Å². The summed E-state index contributed by atoms with van der Waals surface area (Å²) in [7, 11) is 5.38. The van der Waals surface area contributed by atoms with Crippen molar-refractivity contribution in [2.45, 2.75) is 6.18 Å². The molecule has 0 bridgehead atoms. The molecule has 0 radical (unpaired) electrons. The van der Waals surface area contributed by atoms with Crippen LogP contribution in [0.15, 0.2) is 60.7 Å². The van der Waals surface area contributed by atoms with E-state index in [1.54, 1.807) is 31.3 Å². The van der Waals surface area contributed by atoms with Crippen LogP contribution in [0.3, 0.4) is 0 Å². The van der Waals surface area contributed by atoms with E-state index in [9.17, 15) is 22.8 Å². The lowest BCUT2D eigenvalue weighted by Gasteiger charge is -2.34. The molecule has 214 valence electrons. The van der Waals surface area contributed by atoms with E-state index in [2.05, 4.69) is 25.7 Å². The lowest BCUT2D eigenvalue weighted by Crippen LogP contribution is -2.44. The fraction of sp³-hybridized carbons (Fsp3) is 0.276. The Morgan fingerprint density at radius 1 is 0.927 bits per heavy atom. The van der Waals surface area contributed by atoms with Gasteiger partial charge in [-0.1, -0.05) is 0 Å². The van der Waals surface area contributed by atoms with Gasteiger partial charge in [0.05, 0.1) is 11.1 Å². The van der Waals surface area contributed by atoms with Crippen molar-refractivity contribution in [3.63, 3.8) is 0 Å². The summed E-state index contributed by atoms with van der Waals surface area (Å²) in [6, 6.07) is 16.0. The third-order valence-electron chi connectivity index (χ3n) is 7.26. The molecule has 12 heteroatoms. The second kappa shape index (κ2) is 11.1. The van der Waals surface area contributed by atoms with Gasteiger partial charge in [-0.3, -0.25) is 14.7 Å². The number of nitrogens with one attached hydrogen (secondary N) is 3. The molecule has 1 aromatic heterocycles. The molecule has 0 unspecified atom stereocenters. The number of carbonyl (C=O) groups excluding carboxylic acids is 2. The van der Waals surface area contributed by atoms with E-state index in [4.69, 9.17) is 0 Å². The number of halogens is 3. The Bertz CT molecular complexity index is 1580. The van der Waals surface area contributed by atoms with Crippen LogP contribution in [0.1, 0.15) is 26.4 Å². The number of benzene rings is 3. The molecular formula is C29H30F3N7O2. The summed E-state index contributed by atoms with van der Waals surface area (Å²) >= 11 is 0. The normalized spacial score (nSPS) is 14.2. The molecule has 0 atom stereocenters. The topological polar surface area (TPSA) is 96.6 Å². The van der Waals surface area contributed by atoms with Gasteiger partial charge in [-0.15, -0.1) is 0 Å². The number of hydrogen-bond donors (Lipinski definition) is 3. The number of anilines is 4. The number of rotatable bonds is 6. The van der Waals surface area contributed by atoms with Crippen LogP contribution in [0.25, 0.3) is 10.9 Å². The second-order valence-electron chi connectivity index (χ2n) is 10.00. The molecule has 9 nitrogen and oxygen atoms in total. The zero-order chi connectivity index (χ0) is 29.3. The van der Waals surface area contributed by atoms with Gasteiger partial charge in [0.25, 0.3) is 11.8 Å². The minimum absolute atomic E-state index is 0.0565. The molecule has 4 aromatic rings. The number of H-pyrrole nitrogens is 1. The Morgan fingerprint density at radius 3 is 2.27 bits per heavy atom. The maximum atomic E-state index is 13.7. The third kappa shape index (κ3) is 5.97. The van der Waals surface area contributed by atoms with Crippen molar-refractivity contribution in [1.82, 2.24) is 20.4 Å². The molecule has 1 saturated heterocycles. The van der Waals surface area contributed by atoms with E-state index in [1.165, 1.54) is 6.07 Å². The first kappa shape index (κ1) is 28.0. The molecule has 41 heavy (non-hydrogen) atoms. The average Bonchev–Trinajstić information content (AvgIpc) is 3.40. The Labute approximate surface area is 234 Å². The molecule has 1 aliphatic heterocycles. The molecule has 3 aromatic carbocycles. The monoisotopic (exact) mass is 565 g/mol. The lowest BCUT2D eigenvalue weighted by atomic mass is 10.1. The van der Waals surface area contributed by atoms with E-state index in [1.807, 2.05) is 42.1 Å². The van der Waals surface area contributed by atoms with Crippen LogP contribution in [-0.2, 0) is 6.18 Å². The number of alkyl halides is 3. The highest BCUT2D eigenvalue weighted by molar-refractivity contribution is 6.06. The van der Waals surface area contributed by atoms with Gasteiger partial charge in [0.2, 0.25) is 0 Å². The highest BCUT2D eigenvalue weighted by Gasteiger charge is 2.32. The van der Waals surface area contributed by atoms with Gasteiger partial charge < -0.3 is 25.3 Å². The summed E-state index contributed by atoms with van der Waals surface area (Å²) < 4.78 is 41.0. The minimum atomic E-state index is -4.58. The fourth-order valence-electron chi connectivity index (χ4n) is 4.78. The summed E-state index contributed by atoms with van der Waals surface area (Å²) in [5.41, 5.74) is 2.58. The maximum absolute atomic E-state index is 13.7. The van der Waals surface area contributed by atoms with Crippen LogP contribution in [0.4, 0.5) is 35.9 Å². The standard InChI is InChI=1S/C29H30F3N7O2/c1-33-28(41)26-24-9-8-22(17-25(24)35-36-26)38(3)21-6-4-20(5-7-21)34-27(40)18-14-19(29(30,31)32)16-23(15-18)39-12-10-37(2)11-13-39/h4-9,14-17H,10-13H2,1-3H3,(H,33,41)(H,34,40)(H,35,36). The number of piperazine rings is 1. The number of hydrogen-bond acceptors (Lipinski definition) is 6. The molecule has 0 aliphatic carbocycles. The Balaban J connectivity index is 1.32. The van der Waals surface area contributed by atoms with Gasteiger partial charge in [0, 0.05) is 74.0 Å². The number of amides is 2. The molecule has 0 saturated carbocycles. The zero-order valence-electron chi connectivity index (χ0n) is 22.8. The van der Waals surface area contributed by atoms with Crippen molar-refractivity contribution in [3.05, 3.63) is 77.5 Å². The van der Waals surface area contributed by atoms with Crippen LogP contribution in [0.5, 0.6) is 0 Å². The largest absolute Gasteiger partial charge is 0.416 e. The first-order chi connectivity index (χ1) is 19.5. The van der Waals surface area contributed by atoms with E-state index in [-0.39, 0.29) is 11.5 Å². The Kier molecular flexibility index (Phi) is 7.59. The Morgan fingerprint density at radius 2 is 1.61 bits per heavy atom. The quantitative estimate of drug-likeness (QED) is 0.313. The highest BCUT2D eigenvalue weighted by atomic mass is 19.4. The van der Waals surface area contributed by atoms with Crippen molar-refractivity contribution in [1.29, 1.82) is 0 Å². The smallest absolute Gasteiger partial charge is 0.369 e. The number of fused-ring (bicyclic) bond motifs is 1. The van der Waals surface area contributed by atoms with Gasteiger partial charge in [0.1, 0.15) is 0 Å². The van der Waals surface area contributed by atoms with Crippen LogP contribution < -0.4 is 20.4 Å². The first-order valence-corrected chi connectivity index (χ1v) is 13.0. The molecule has 1 fully saturated rings. The van der Waals surface area contributed by atoms with Crippen molar-refractivity contribution in [3.8, 4) is 0 Å². The SMILES string of the molecule is CNC(=O)c1n[nH]c2cc(N(C)c3ccc(NC(=O)c4cc(N5CCN(C)CC5)cc(C(F)(F)F)c4)cc3)ccc12. The highest BCUT2D eigenvalue weighted by Crippen LogP contribution is 2.34. The summed E-state index contributed by atoms with van der Waals surface area (Å²) in [6.45, 7) is 2.61. The van der Waals surface area contributed by atoms with Gasteiger partial charge in [-0.05, 0) is 67.7 Å². The molecule has 0 spiro atoms.